The van der Waals surface area contributed by atoms with Crippen LogP contribution in [0.3, 0.4) is 0 Å². The maximum Gasteiger partial charge on any atom is 0.282 e. The largest absolute Gasteiger partial charge is 0.323 e. The van der Waals surface area contributed by atoms with Gasteiger partial charge < -0.3 is 10.2 Å². The van der Waals surface area contributed by atoms with Gasteiger partial charge in [0, 0.05) is 11.3 Å². The van der Waals surface area contributed by atoms with Gasteiger partial charge in [0.05, 0.1) is 31.1 Å². The van der Waals surface area contributed by atoms with E-state index >= 15 is 0 Å². The number of Topliss-reactive ketones (excluding diaryl/α,β-unsaturated/α-hetero) is 1. The van der Waals surface area contributed by atoms with E-state index in [9.17, 15) is 18.0 Å². The van der Waals surface area contributed by atoms with Crippen molar-refractivity contribution >= 4 is 27.4 Å². The smallest absolute Gasteiger partial charge is 0.282 e. The molecule has 2 aromatic carbocycles. The van der Waals surface area contributed by atoms with E-state index < -0.39 is 10.0 Å². The zero-order valence-electron chi connectivity index (χ0n) is 18.4. The molecule has 1 aliphatic rings. The van der Waals surface area contributed by atoms with Crippen LogP contribution in [0.4, 0.5) is 5.69 Å². The summed E-state index contributed by atoms with van der Waals surface area (Å²) in [6.45, 7) is 8.96. The summed E-state index contributed by atoms with van der Waals surface area (Å²) in [4.78, 5) is 25.4. The van der Waals surface area contributed by atoms with E-state index in [-0.39, 0.29) is 17.7 Å². The van der Waals surface area contributed by atoms with Crippen molar-refractivity contribution in [1.29, 1.82) is 0 Å². The monoisotopic (exact) mass is 444 g/mol. The molecule has 0 spiro atoms. The number of rotatable bonds is 6. The Morgan fingerprint density at radius 3 is 2.19 bits per heavy atom. The number of nitrogens with one attached hydrogen (secondary N) is 2. The molecule has 1 saturated heterocycles. The Balaban J connectivity index is 1.60. The van der Waals surface area contributed by atoms with E-state index in [1.165, 1.54) is 11.2 Å². The van der Waals surface area contributed by atoms with Gasteiger partial charge in [-0.2, -0.15) is 4.31 Å². The number of piperazine rings is 1. The first-order chi connectivity index (χ1) is 14.6. The van der Waals surface area contributed by atoms with Gasteiger partial charge in [-0.25, -0.2) is 8.42 Å². The van der Waals surface area contributed by atoms with Crippen molar-refractivity contribution in [1.82, 2.24) is 4.31 Å². The zero-order valence-corrected chi connectivity index (χ0v) is 19.3. The zero-order chi connectivity index (χ0) is 22.8. The number of nitrogens with zero attached hydrogens (tertiary/aromatic N) is 1. The summed E-state index contributed by atoms with van der Waals surface area (Å²) in [5.41, 5.74) is 3.01. The van der Waals surface area contributed by atoms with Crippen molar-refractivity contribution in [3.8, 4) is 0 Å². The summed E-state index contributed by atoms with van der Waals surface area (Å²) in [6, 6.07) is 11.8. The number of aryl methyl sites for hydroxylation is 2. The van der Waals surface area contributed by atoms with E-state index in [4.69, 9.17) is 0 Å². The molecule has 0 saturated carbocycles. The van der Waals surface area contributed by atoms with E-state index in [2.05, 4.69) is 5.32 Å². The van der Waals surface area contributed by atoms with Gasteiger partial charge in [-0.15, -0.1) is 0 Å². The second-order valence-corrected chi connectivity index (χ2v) is 10.1. The third kappa shape index (κ3) is 5.20. The first-order valence-electron chi connectivity index (χ1n) is 10.4. The molecule has 8 heteroatoms. The molecular formula is C23H30N3O4S+. The molecule has 2 N–H and O–H groups in total. The average Bonchev–Trinajstić information content (AvgIpc) is 2.73. The normalized spacial score (nSPS) is 16.6. The molecule has 0 bridgehead atoms. The molecule has 31 heavy (non-hydrogen) atoms. The van der Waals surface area contributed by atoms with Crippen molar-refractivity contribution in [3.05, 3.63) is 59.2 Å². The molecule has 1 atom stereocenters. The fraction of sp³-hybridized carbons (Fsp3) is 0.391. The molecule has 0 radical (unpaired) electrons. The van der Waals surface area contributed by atoms with Crippen LogP contribution in [0, 0.1) is 13.8 Å². The van der Waals surface area contributed by atoms with Crippen molar-refractivity contribution in [2.45, 2.75) is 38.6 Å². The van der Waals surface area contributed by atoms with Crippen LogP contribution in [0.2, 0.25) is 0 Å². The Kier molecular flexibility index (Phi) is 6.93. The summed E-state index contributed by atoms with van der Waals surface area (Å²) < 4.78 is 27.6. The van der Waals surface area contributed by atoms with Crippen molar-refractivity contribution in [2.24, 2.45) is 0 Å². The highest BCUT2D eigenvalue weighted by Crippen LogP contribution is 2.21. The Labute approximate surface area is 184 Å². The summed E-state index contributed by atoms with van der Waals surface area (Å²) in [5.74, 6) is -0.152. The molecule has 0 aromatic heterocycles. The van der Waals surface area contributed by atoms with Gasteiger partial charge >= 0.3 is 0 Å². The quantitative estimate of drug-likeness (QED) is 0.660. The van der Waals surface area contributed by atoms with Crippen LogP contribution in [-0.2, 0) is 14.8 Å². The molecule has 1 heterocycles. The summed E-state index contributed by atoms with van der Waals surface area (Å²) in [6.07, 6.45) is 0. The number of hydrogen-bond acceptors (Lipinski definition) is 4. The number of ketones is 1. The minimum atomic E-state index is -3.55. The molecule has 1 aliphatic heterocycles. The first kappa shape index (κ1) is 23.1. The Bertz CT molecular complexity index is 1070. The minimum absolute atomic E-state index is 0.0238. The number of carbonyl (C=O) groups is 2. The van der Waals surface area contributed by atoms with Gasteiger partial charge in [0.2, 0.25) is 10.0 Å². The van der Waals surface area contributed by atoms with Crippen LogP contribution < -0.4 is 10.2 Å². The van der Waals surface area contributed by atoms with Crippen LogP contribution in [0.15, 0.2) is 47.4 Å². The molecule has 0 aliphatic carbocycles. The number of anilines is 1. The Morgan fingerprint density at radius 1 is 1.03 bits per heavy atom. The topological polar surface area (TPSA) is 88.0 Å². The lowest BCUT2D eigenvalue weighted by Crippen LogP contribution is -3.19. The number of benzene rings is 2. The highest BCUT2D eigenvalue weighted by molar-refractivity contribution is 7.89. The second kappa shape index (κ2) is 9.30. The summed E-state index contributed by atoms with van der Waals surface area (Å²) in [7, 11) is -3.55. The maximum absolute atomic E-state index is 13.1. The van der Waals surface area contributed by atoms with Gasteiger partial charge in [-0.05, 0) is 63.6 Å². The first-order valence-corrected chi connectivity index (χ1v) is 11.9. The van der Waals surface area contributed by atoms with Crippen molar-refractivity contribution in [2.75, 3.05) is 31.5 Å². The van der Waals surface area contributed by atoms with Gasteiger partial charge in [0.25, 0.3) is 5.91 Å². The van der Waals surface area contributed by atoms with E-state index in [0.717, 1.165) is 16.0 Å². The van der Waals surface area contributed by atoms with Crippen LogP contribution in [0.25, 0.3) is 0 Å². The molecular weight excluding hydrogens is 414 g/mol. The van der Waals surface area contributed by atoms with E-state index in [1.807, 2.05) is 32.9 Å². The number of hydrogen-bond donors (Lipinski definition) is 2. The lowest BCUT2D eigenvalue weighted by Gasteiger charge is -2.34. The highest BCUT2D eigenvalue weighted by atomic mass is 32.2. The van der Waals surface area contributed by atoms with E-state index in [1.54, 1.807) is 30.3 Å². The molecule has 1 amide bonds. The van der Waals surface area contributed by atoms with Crippen molar-refractivity contribution in [3.63, 3.8) is 0 Å². The predicted octanol–water partition coefficient (Wildman–Crippen LogP) is 1.42. The standard InChI is InChI=1S/C23H29N3O4S/c1-16-5-10-22(17(2)15-16)31(29,30)26-13-11-25(12-14-26)18(3)23(28)24-21-8-6-20(7-9-21)19(4)27/h5-10,15,18H,11-14H2,1-4H3,(H,24,28)/p+1/t18-/m0/s1. The lowest BCUT2D eigenvalue weighted by molar-refractivity contribution is -0.917. The third-order valence-electron chi connectivity index (χ3n) is 5.88. The highest BCUT2D eigenvalue weighted by Gasteiger charge is 2.35. The Hall–Kier alpha value is -2.55. The van der Waals surface area contributed by atoms with Gasteiger partial charge in [0.15, 0.2) is 11.8 Å². The fourth-order valence-electron chi connectivity index (χ4n) is 3.90. The summed E-state index contributed by atoms with van der Waals surface area (Å²) in [5, 5.41) is 2.88. The SMILES string of the molecule is CC(=O)c1ccc(NC(=O)[C@H](C)[NH+]2CCN(S(=O)(=O)c3ccc(C)cc3C)CC2)cc1. The molecule has 1 fully saturated rings. The average molecular weight is 445 g/mol. The van der Waals surface area contributed by atoms with Crippen LogP contribution >= 0.6 is 0 Å². The molecule has 166 valence electrons. The van der Waals surface area contributed by atoms with Gasteiger partial charge in [-0.3, -0.25) is 9.59 Å². The number of carbonyl (C=O) groups excluding carboxylic acids is 2. The number of sulfonamides is 1. The predicted molar refractivity (Wildman–Crippen MR) is 120 cm³/mol. The fourth-order valence-corrected chi connectivity index (χ4v) is 5.55. The maximum atomic E-state index is 13.1. The van der Waals surface area contributed by atoms with E-state index in [0.29, 0.717) is 42.3 Å². The van der Waals surface area contributed by atoms with Crippen molar-refractivity contribution < 1.29 is 22.9 Å². The molecule has 2 aromatic rings. The van der Waals surface area contributed by atoms with Gasteiger partial charge in [-0.1, -0.05) is 17.7 Å². The number of quaternary nitrogens is 1. The molecule has 7 nitrogen and oxygen atoms in total. The van der Waals surface area contributed by atoms with Crippen LogP contribution in [-0.4, -0.2) is 56.6 Å². The molecule has 3 rings (SSSR count). The van der Waals surface area contributed by atoms with Crippen LogP contribution in [0.5, 0.6) is 0 Å². The Morgan fingerprint density at radius 2 is 1.65 bits per heavy atom. The summed E-state index contributed by atoms with van der Waals surface area (Å²) >= 11 is 0. The number of amides is 1. The minimum Gasteiger partial charge on any atom is -0.323 e. The van der Waals surface area contributed by atoms with Gasteiger partial charge in [0.1, 0.15) is 0 Å². The molecule has 0 unspecified atom stereocenters. The lowest BCUT2D eigenvalue weighted by atomic mass is 10.1. The third-order valence-corrected chi connectivity index (χ3v) is 7.94. The second-order valence-electron chi connectivity index (χ2n) is 8.18. The van der Waals surface area contributed by atoms with Crippen LogP contribution in [0.1, 0.15) is 35.3 Å².